The Hall–Kier alpha value is -2.86. The second kappa shape index (κ2) is 9.10. The molecule has 0 radical (unpaired) electrons. The monoisotopic (exact) mass is 436 g/mol. The molecule has 0 aliphatic carbocycles. The van der Waals surface area contributed by atoms with Gasteiger partial charge in [0.15, 0.2) is 0 Å². The van der Waals surface area contributed by atoms with E-state index in [4.69, 9.17) is 0 Å². The summed E-state index contributed by atoms with van der Waals surface area (Å²) in [6.07, 6.45) is -3.83. The molecule has 1 aromatic heterocycles. The average Bonchev–Trinajstić information content (AvgIpc) is 2.93. The number of halogens is 4. The van der Waals surface area contributed by atoms with Crippen molar-refractivity contribution in [2.24, 2.45) is 5.92 Å². The number of rotatable bonds is 5. The molecular formula is C22H24F4N4O. The van der Waals surface area contributed by atoms with Crippen LogP contribution in [-0.4, -0.2) is 41.2 Å². The van der Waals surface area contributed by atoms with Gasteiger partial charge in [-0.3, -0.25) is 9.69 Å². The number of likely N-dealkylation sites (tertiary alicyclic amines) is 1. The topological polar surface area (TPSA) is 61.1 Å². The molecule has 1 amide bonds. The highest BCUT2D eigenvalue weighted by molar-refractivity contribution is 5.93. The van der Waals surface area contributed by atoms with Gasteiger partial charge in [-0.15, -0.1) is 0 Å². The van der Waals surface area contributed by atoms with Gasteiger partial charge in [0.05, 0.1) is 18.0 Å². The molecule has 1 atom stereocenters. The molecule has 1 saturated heterocycles. The number of anilines is 1. The third-order valence-electron chi connectivity index (χ3n) is 5.79. The van der Waals surface area contributed by atoms with Gasteiger partial charge in [0.2, 0.25) is 5.91 Å². The molecule has 2 heterocycles. The summed E-state index contributed by atoms with van der Waals surface area (Å²) in [5.41, 5.74) is 2.56. The highest BCUT2D eigenvalue weighted by Crippen LogP contribution is 2.33. The number of aromatic nitrogens is 1. The van der Waals surface area contributed by atoms with Crippen molar-refractivity contribution in [2.75, 3.05) is 25.0 Å². The zero-order valence-electron chi connectivity index (χ0n) is 17.4. The summed E-state index contributed by atoms with van der Waals surface area (Å²) in [5.74, 6) is -1.97. The van der Waals surface area contributed by atoms with Crippen molar-refractivity contribution >= 4 is 11.7 Å². The summed E-state index contributed by atoms with van der Waals surface area (Å²) in [5, 5.41) is 12.3. The van der Waals surface area contributed by atoms with Crippen LogP contribution in [0.1, 0.15) is 35.2 Å². The van der Waals surface area contributed by atoms with E-state index in [-0.39, 0.29) is 25.3 Å². The molecule has 1 aliphatic heterocycles. The first-order valence-electron chi connectivity index (χ1n) is 10.0. The summed E-state index contributed by atoms with van der Waals surface area (Å²) >= 11 is 0. The molecule has 1 fully saturated rings. The van der Waals surface area contributed by atoms with Crippen molar-refractivity contribution in [3.05, 3.63) is 52.5 Å². The maximum atomic E-state index is 13.2. The van der Waals surface area contributed by atoms with Crippen molar-refractivity contribution in [2.45, 2.75) is 39.4 Å². The Kier molecular flexibility index (Phi) is 6.70. The number of amides is 1. The minimum Gasteiger partial charge on any atom is -0.326 e. The lowest BCUT2D eigenvalue weighted by molar-refractivity contribution is -0.186. The Bertz CT molecular complexity index is 989. The molecule has 1 aromatic carbocycles. The van der Waals surface area contributed by atoms with Gasteiger partial charge < -0.3 is 9.88 Å². The zero-order valence-corrected chi connectivity index (χ0v) is 17.4. The van der Waals surface area contributed by atoms with Crippen LogP contribution < -0.4 is 5.32 Å². The standard InChI is InChI=1S/C22H24F4N4O/c1-14-15(2)30(11-16-5-7-18(23)8-6-16)21(19(14)10-27)28-20(31)13-29-9-3-4-17(12-29)22(24,25)26/h5-8,17H,3-4,9,11-13H2,1-2H3,(H,28,31). The van der Waals surface area contributed by atoms with E-state index in [0.717, 1.165) is 11.3 Å². The van der Waals surface area contributed by atoms with Crippen molar-refractivity contribution in [1.82, 2.24) is 9.47 Å². The van der Waals surface area contributed by atoms with E-state index in [9.17, 15) is 27.6 Å². The van der Waals surface area contributed by atoms with Crippen LogP contribution in [0.5, 0.6) is 0 Å². The second-order valence-corrected chi connectivity index (χ2v) is 7.92. The van der Waals surface area contributed by atoms with Gasteiger partial charge >= 0.3 is 6.18 Å². The van der Waals surface area contributed by atoms with Crippen LogP contribution in [0.15, 0.2) is 24.3 Å². The molecule has 0 saturated carbocycles. The minimum absolute atomic E-state index is 0.0686. The molecule has 1 aliphatic rings. The predicted octanol–water partition coefficient (Wildman–Crippen LogP) is 4.38. The van der Waals surface area contributed by atoms with Gasteiger partial charge in [-0.25, -0.2) is 4.39 Å². The van der Waals surface area contributed by atoms with E-state index in [1.54, 1.807) is 23.6 Å². The lowest BCUT2D eigenvalue weighted by Gasteiger charge is -2.33. The Morgan fingerprint density at radius 1 is 1.26 bits per heavy atom. The van der Waals surface area contributed by atoms with Crippen LogP contribution in [0.2, 0.25) is 0 Å². The van der Waals surface area contributed by atoms with Gasteiger partial charge in [0, 0.05) is 18.8 Å². The molecule has 1 unspecified atom stereocenters. The molecule has 5 nitrogen and oxygen atoms in total. The normalized spacial score (nSPS) is 17.4. The van der Waals surface area contributed by atoms with Gasteiger partial charge in [-0.1, -0.05) is 12.1 Å². The first-order chi connectivity index (χ1) is 14.6. The molecule has 3 rings (SSSR count). The minimum atomic E-state index is -4.28. The van der Waals surface area contributed by atoms with Crippen molar-refractivity contribution < 1.29 is 22.4 Å². The maximum Gasteiger partial charge on any atom is 0.393 e. The van der Waals surface area contributed by atoms with E-state index in [0.29, 0.717) is 36.5 Å². The molecule has 31 heavy (non-hydrogen) atoms. The number of alkyl halides is 3. The first-order valence-corrected chi connectivity index (χ1v) is 10.0. The lowest BCUT2D eigenvalue weighted by Crippen LogP contribution is -2.44. The van der Waals surface area contributed by atoms with Crippen LogP contribution in [0, 0.1) is 36.9 Å². The molecule has 1 N–H and O–H groups in total. The summed E-state index contributed by atoms with van der Waals surface area (Å²) < 4.78 is 54.1. The van der Waals surface area contributed by atoms with Crippen LogP contribution in [0.25, 0.3) is 0 Å². The predicted molar refractivity (Wildman–Crippen MR) is 108 cm³/mol. The molecular weight excluding hydrogens is 412 g/mol. The zero-order chi connectivity index (χ0) is 22.8. The van der Waals surface area contributed by atoms with E-state index in [2.05, 4.69) is 11.4 Å². The molecule has 2 aromatic rings. The highest BCUT2D eigenvalue weighted by atomic mass is 19.4. The maximum absolute atomic E-state index is 13.2. The fourth-order valence-electron chi connectivity index (χ4n) is 3.94. The second-order valence-electron chi connectivity index (χ2n) is 7.92. The number of nitrogens with one attached hydrogen (secondary N) is 1. The van der Waals surface area contributed by atoms with Crippen LogP contribution in [0.4, 0.5) is 23.4 Å². The number of piperidine rings is 1. The number of carbonyl (C=O) groups excluding carboxylic acids is 1. The number of carbonyl (C=O) groups is 1. The Balaban J connectivity index is 1.78. The third-order valence-corrected chi connectivity index (χ3v) is 5.79. The fraction of sp³-hybridized carbons (Fsp3) is 0.455. The molecule has 0 bridgehead atoms. The number of benzene rings is 1. The van der Waals surface area contributed by atoms with Crippen molar-refractivity contribution in [3.8, 4) is 6.07 Å². The van der Waals surface area contributed by atoms with Gasteiger partial charge in [-0.2, -0.15) is 18.4 Å². The number of hydrogen-bond acceptors (Lipinski definition) is 3. The van der Waals surface area contributed by atoms with Gasteiger partial charge in [-0.05, 0) is 56.5 Å². The Morgan fingerprint density at radius 3 is 2.55 bits per heavy atom. The van der Waals surface area contributed by atoms with E-state index in [1.807, 2.05) is 6.92 Å². The SMILES string of the molecule is Cc1c(C#N)c(NC(=O)CN2CCCC(C(F)(F)F)C2)n(Cc2ccc(F)cc2)c1C. The smallest absolute Gasteiger partial charge is 0.326 e. The largest absolute Gasteiger partial charge is 0.393 e. The number of nitrogens with zero attached hydrogens (tertiary/aromatic N) is 3. The van der Waals surface area contributed by atoms with Gasteiger partial charge in [0.25, 0.3) is 0 Å². The van der Waals surface area contributed by atoms with Crippen molar-refractivity contribution in [1.29, 1.82) is 5.26 Å². The molecule has 0 spiro atoms. The highest BCUT2D eigenvalue weighted by Gasteiger charge is 2.42. The fourth-order valence-corrected chi connectivity index (χ4v) is 3.94. The van der Waals surface area contributed by atoms with E-state index >= 15 is 0 Å². The summed E-state index contributed by atoms with van der Waals surface area (Å²) in [6, 6.07) is 8.00. The third kappa shape index (κ3) is 5.25. The van der Waals surface area contributed by atoms with E-state index < -0.39 is 18.0 Å². The Morgan fingerprint density at radius 2 is 1.94 bits per heavy atom. The van der Waals surface area contributed by atoms with Crippen LogP contribution in [-0.2, 0) is 11.3 Å². The van der Waals surface area contributed by atoms with Crippen LogP contribution in [0.3, 0.4) is 0 Å². The quantitative estimate of drug-likeness (QED) is 0.708. The molecule has 9 heteroatoms. The first kappa shape index (κ1) is 22.8. The Labute approximate surface area is 178 Å². The van der Waals surface area contributed by atoms with E-state index in [1.165, 1.54) is 17.0 Å². The lowest BCUT2D eigenvalue weighted by atomic mass is 9.97. The molecule has 166 valence electrons. The summed E-state index contributed by atoms with van der Waals surface area (Å²) in [4.78, 5) is 14.2. The number of hydrogen-bond donors (Lipinski definition) is 1. The summed E-state index contributed by atoms with van der Waals surface area (Å²) in [6.45, 7) is 3.91. The number of nitriles is 1. The average molecular weight is 436 g/mol. The van der Waals surface area contributed by atoms with Gasteiger partial charge in [0.1, 0.15) is 17.7 Å². The van der Waals surface area contributed by atoms with Crippen LogP contribution >= 0.6 is 0 Å². The van der Waals surface area contributed by atoms with Crippen molar-refractivity contribution in [3.63, 3.8) is 0 Å². The summed E-state index contributed by atoms with van der Waals surface area (Å²) in [7, 11) is 0.